The molecular formula is C12H15IN2OS. The molecule has 0 aliphatic carbocycles. The molecule has 0 spiro atoms. The number of benzene rings is 1. The Bertz CT molecular complexity index is 561. The van der Waals surface area contributed by atoms with Crippen molar-refractivity contribution in [2.24, 2.45) is 0 Å². The van der Waals surface area contributed by atoms with Crippen LogP contribution in [-0.2, 0) is 11.3 Å². The maximum Gasteiger partial charge on any atom is 0.178 e. The molecule has 1 aromatic heterocycles. The quantitative estimate of drug-likeness (QED) is 0.499. The van der Waals surface area contributed by atoms with Crippen LogP contribution >= 0.6 is 34.8 Å². The third kappa shape index (κ3) is 3.08. The van der Waals surface area contributed by atoms with Gasteiger partial charge < -0.3 is 14.3 Å². The average Bonchev–Trinajstić information content (AvgIpc) is 2.60. The number of hydrogen-bond acceptors (Lipinski definition) is 2. The third-order valence-electron chi connectivity index (χ3n) is 2.61. The van der Waals surface area contributed by atoms with E-state index in [2.05, 4.69) is 50.3 Å². The van der Waals surface area contributed by atoms with E-state index in [4.69, 9.17) is 17.0 Å². The molecular weight excluding hydrogens is 347 g/mol. The van der Waals surface area contributed by atoms with Crippen molar-refractivity contribution >= 4 is 45.8 Å². The van der Waals surface area contributed by atoms with E-state index in [9.17, 15) is 0 Å². The van der Waals surface area contributed by atoms with Gasteiger partial charge in [-0.2, -0.15) is 0 Å². The van der Waals surface area contributed by atoms with Crippen molar-refractivity contribution in [2.75, 3.05) is 13.2 Å². The summed E-state index contributed by atoms with van der Waals surface area (Å²) in [6.07, 6.45) is 0.987. The van der Waals surface area contributed by atoms with Gasteiger partial charge in [-0.15, -0.1) is 0 Å². The number of rotatable bonds is 5. The fourth-order valence-electron chi connectivity index (χ4n) is 1.83. The van der Waals surface area contributed by atoms with Crippen molar-refractivity contribution in [3.05, 3.63) is 26.5 Å². The molecule has 2 aromatic rings. The smallest absolute Gasteiger partial charge is 0.178 e. The Balaban J connectivity index is 2.21. The molecule has 0 amide bonds. The lowest BCUT2D eigenvalue weighted by atomic mass is 10.3. The first-order chi connectivity index (χ1) is 8.22. The predicted molar refractivity (Wildman–Crippen MR) is 80.9 cm³/mol. The van der Waals surface area contributed by atoms with Crippen molar-refractivity contribution in [3.8, 4) is 0 Å². The topological polar surface area (TPSA) is 29.9 Å². The first kappa shape index (κ1) is 13.0. The van der Waals surface area contributed by atoms with E-state index in [0.717, 1.165) is 36.5 Å². The summed E-state index contributed by atoms with van der Waals surface area (Å²) in [6.45, 7) is 4.48. The Morgan fingerprint density at radius 3 is 3.06 bits per heavy atom. The van der Waals surface area contributed by atoms with E-state index in [-0.39, 0.29) is 0 Å². The monoisotopic (exact) mass is 362 g/mol. The van der Waals surface area contributed by atoms with Crippen LogP contribution in [0.15, 0.2) is 18.2 Å². The van der Waals surface area contributed by atoms with E-state index < -0.39 is 0 Å². The lowest BCUT2D eigenvalue weighted by Crippen LogP contribution is -2.02. The van der Waals surface area contributed by atoms with Gasteiger partial charge in [-0.05, 0) is 66.4 Å². The minimum Gasteiger partial charge on any atom is -0.382 e. The molecule has 17 heavy (non-hydrogen) atoms. The summed E-state index contributed by atoms with van der Waals surface area (Å²) in [5.74, 6) is 0. The van der Waals surface area contributed by atoms with Crippen LogP contribution in [0.3, 0.4) is 0 Å². The summed E-state index contributed by atoms with van der Waals surface area (Å²) in [4.78, 5) is 3.24. The Kier molecular flexibility index (Phi) is 4.58. The number of halogens is 1. The number of hydrogen-bond donors (Lipinski definition) is 1. The molecule has 0 atom stereocenters. The zero-order valence-electron chi connectivity index (χ0n) is 9.70. The number of nitrogens with one attached hydrogen (secondary N) is 1. The normalized spacial score (nSPS) is 11.2. The van der Waals surface area contributed by atoms with Crippen LogP contribution in [0.1, 0.15) is 13.3 Å². The van der Waals surface area contributed by atoms with Gasteiger partial charge in [0.1, 0.15) is 0 Å². The second-order valence-electron chi connectivity index (χ2n) is 3.79. The number of H-pyrrole nitrogens is 1. The summed E-state index contributed by atoms with van der Waals surface area (Å²) in [5.41, 5.74) is 2.28. The highest BCUT2D eigenvalue weighted by Crippen LogP contribution is 2.17. The molecule has 0 bridgehead atoms. The largest absolute Gasteiger partial charge is 0.382 e. The van der Waals surface area contributed by atoms with E-state index in [0.29, 0.717) is 0 Å². The molecule has 0 saturated carbocycles. The van der Waals surface area contributed by atoms with Gasteiger partial charge >= 0.3 is 0 Å². The molecule has 0 fully saturated rings. The molecule has 0 unspecified atom stereocenters. The Hall–Kier alpha value is -0.400. The van der Waals surface area contributed by atoms with Crippen LogP contribution in [-0.4, -0.2) is 22.8 Å². The maximum atomic E-state index is 5.34. The zero-order chi connectivity index (χ0) is 12.3. The van der Waals surface area contributed by atoms with Crippen LogP contribution in [0.5, 0.6) is 0 Å². The van der Waals surface area contributed by atoms with Crippen molar-refractivity contribution in [1.29, 1.82) is 0 Å². The molecule has 0 aliphatic heterocycles. The van der Waals surface area contributed by atoms with Crippen molar-refractivity contribution in [3.63, 3.8) is 0 Å². The predicted octanol–water partition coefficient (Wildman–Crippen LogP) is 3.73. The molecule has 1 N–H and O–H groups in total. The lowest BCUT2D eigenvalue weighted by Gasteiger charge is -2.04. The lowest BCUT2D eigenvalue weighted by molar-refractivity contribution is 0.142. The maximum absolute atomic E-state index is 5.34. The average molecular weight is 362 g/mol. The van der Waals surface area contributed by atoms with Crippen LogP contribution in [0, 0.1) is 8.34 Å². The van der Waals surface area contributed by atoms with Crippen molar-refractivity contribution in [2.45, 2.75) is 19.9 Å². The van der Waals surface area contributed by atoms with Gasteiger partial charge in [0.15, 0.2) is 4.77 Å². The molecule has 5 heteroatoms. The summed E-state index contributed by atoms with van der Waals surface area (Å²) in [5, 5.41) is 0. The van der Waals surface area contributed by atoms with Gasteiger partial charge in [-0.3, -0.25) is 0 Å². The zero-order valence-corrected chi connectivity index (χ0v) is 12.7. The van der Waals surface area contributed by atoms with Crippen molar-refractivity contribution < 1.29 is 4.74 Å². The molecule has 0 radical (unpaired) electrons. The standard InChI is InChI=1S/C12H15IN2OS/c1-2-16-7-3-6-15-11-5-4-9(13)8-10(11)14-12(15)17/h4-5,8H,2-3,6-7H2,1H3,(H,14,17). The number of aromatic nitrogens is 2. The van der Waals surface area contributed by atoms with E-state index >= 15 is 0 Å². The Morgan fingerprint density at radius 1 is 1.47 bits per heavy atom. The van der Waals surface area contributed by atoms with Gasteiger partial charge in [0.05, 0.1) is 11.0 Å². The molecule has 0 aliphatic rings. The fraction of sp³-hybridized carbons (Fsp3) is 0.417. The summed E-state index contributed by atoms with van der Waals surface area (Å²) < 4.78 is 9.49. The van der Waals surface area contributed by atoms with Crippen LogP contribution in [0.4, 0.5) is 0 Å². The van der Waals surface area contributed by atoms with E-state index in [1.54, 1.807) is 0 Å². The highest BCUT2D eigenvalue weighted by atomic mass is 127. The highest BCUT2D eigenvalue weighted by molar-refractivity contribution is 14.1. The Labute approximate surface area is 119 Å². The molecule has 92 valence electrons. The summed E-state index contributed by atoms with van der Waals surface area (Å²) >= 11 is 7.64. The number of nitrogens with zero attached hydrogens (tertiary/aromatic N) is 1. The number of fused-ring (bicyclic) bond motifs is 1. The fourth-order valence-corrected chi connectivity index (χ4v) is 2.62. The number of ether oxygens (including phenoxy) is 1. The first-order valence-electron chi connectivity index (χ1n) is 5.68. The summed E-state index contributed by atoms with van der Waals surface area (Å²) in [6, 6.07) is 6.33. The summed E-state index contributed by atoms with van der Waals surface area (Å²) in [7, 11) is 0. The Morgan fingerprint density at radius 2 is 2.29 bits per heavy atom. The van der Waals surface area contributed by atoms with Crippen LogP contribution < -0.4 is 0 Å². The molecule has 1 aromatic carbocycles. The number of imidazole rings is 1. The van der Waals surface area contributed by atoms with Gasteiger partial charge in [0, 0.05) is 23.3 Å². The first-order valence-corrected chi connectivity index (χ1v) is 7.17. The number of aromatic amines is 1. The second-order valence-corrected chi connectivity index (χ2v) is 5.43. The van der Waals surface area contributed by atoms with Gasteiger partial charge in [-0.1, -0.05) is 0 Å². The SMILES string of the molecule is CCOCCCn1c(=S)[nH]c2cc(I)ccc21. The minimum atomic E-state index is 0.775. The van der Waals surface area contributed by atoms with Crippen molar-refractivity contribution in [1.82, 2.24) is 9.55 Å². The molecule has 0 saturated heterocycles. The van der Waals surface area contributed by atoms with Gasteiger partial charge in [0.2, 0.25) is 0 Å². The third-order valence-corrected chi connectivity index (χ3v) is 3.60. The molecule has 1 heterocycles. The van der Waals surface area contributed by atoms with Crippen LogP contribution in [0.2, 0.25) is 0 Å². The van der Waals surface area contributed by atoms with Gasteiger partial charge in [0.25, 0.3) is 0 Å². The minimum absolute atomic E-state index is 0.775. The van der Waals surface area contributed by atoms with Gasteiger partial charge in [-0.25, -0.2) is 0 Å². The highest BCUT2D eigenvalue weighted by Gasteiger charge is 2.04. The molecule has 2 rings (SSSR count). The van der Waals surface area contributed by atoms with E-state index in [1.807, 2.05) is 6.92 Å². The second kappa shape index (κ2) is 5.97. The van der Waals surface area contributed by atoms with E-state index in [1.165, 1.54) is 9.09 Å². The number of aryl methyl sites for hydroxylation is 1. The van der Waals surface area contributed by atoms with Crippen LogP contribution in [0.25, 0.3) is 11.0 Å². The molecule has 3 nitrogen and oxygen atoms in total.